The van der Waals surface area contributed by atoms with E-state index in [0.717, 1.165) is 16.8 Å². The van der Waals surface area contributed by atoms with Crippen LogP contribution in [0.2, 0.25) is 0 Å². The molecule has 0 atom stereocenters. The maximum absolute atomic E-state index is 13.0. The van der Waals surface area contributed by atoms with Gasteiger partial charge in [0.15, 0.2) is 5.16 Å². The highest BCUT2D eigenvalue weighted by molar-refractivity contribution is 7.99. The number of para-hydroxylation sites is 1. The minimum Gasteiger partial charge on any atom is -0.268 e. The van der Waals surface area contributed by atoms with Gasteiger partial charge in [-0.15, -0.1) is 0 Å². The van der Waals surface area contributed by atoms with E-state index in [0.29, 0.717) is 16.1 Å². The minimum absolute atomic E-state index is 0.108. The van der Waals surface area contributed by atoms with Crippen molar-refractivity contribution in [2.45, 2.75) is 19.0 Å². The fourth-order valence-electron chi connectivity index (χ4n) is 2.57. The van der Waals surface area contributed by atoms with E-state index in [9.17, 15) is 4.79 Å². The van der Waals surface area contributed by atoms with Crippen LogP contribution < -0.4 is 5.56 Å². The Labute approximate surface area is 138 Å². The number of nitriles is 1. The van der Waals surface area contributed by atoms with E-state index in [1.165, 1.54) is 11.8 Å². The summed E-state index contributed by atoms with van der Waals surface area (Å²) < 4.78 is 1.61. The first-order chi connectivity index (χ1) is 11.1. The SMILES string of the molecule is Cc1ccc(-n2c(SCC#N)nc3ccccc3c2=O)c(C)c1. The Morgan fingerprint density at radius 3 is 2.74 bits per heavy atom. The van der Waals surface area contributed by atoms with Gasteiger partial charge < -0.3 is 0 Å². The van der Waals surface area contributed by atoms with Gasteiger partial charge >= 0.3 is 0 Å². The summed E-state index contributed by atoms with van der Waals surface area (Å²) in [6.45, 7) is 3.99. The molecule has 0 amide bonds. The summed E-state index contributed by atoms with van der Waals surface area (Å²) in [6.07, 6.45) is 0. The number of benzene rings is 2. The number of aromatic nitrogens is 2. The third kappa shape index (κ3) is 2.86. The molecule has 0 aliphatic carbocycles. The quantitative estimate of drug-likeness (QED) is 0.546. The van der Waals surface area contributed by atoms with Crippen LogP contribution in [-0.2, 0) is 0 Å². The normalized spacial score (nSPS) is 10.7. The zero-order valence-electron chi connectivity index (χ0n) is 12.9. The average Bonchev–Trinajstić information content (AvgIpc) is 2.54. The molecule has 0 radical (unpaired) electrons. The van der Waals surface area contributed by atoms with Crippen LogP contribution in [-0.4, -0.2) is 15.3 Å². The third-order valence-electron chi connectivity index (χ3n) is 3.60. The van der Waals surface area contributed by atoms with Crippen LogP contribution in [0.25, 0.3) is 16.6 Å². The number of rotatable bonds is 3. The molecular formula is C18H15N3OS. The maximum Gasteiger partial charge on any atom is 0.266 e. The summed E-state index contributed by atoms with van der Waals surface area (Å²) >= 11 is 1.27. The van der Waals surface area contributed by atoms with Crippen molar-refractivity contribution in [2.75, 3.05) is 5.75 Å². The molecule has 5 heteroatoms. The number of nitrogens with zero attached hydrogens (tertiary/aromatic N) is 3. The Hall–Kier alpha value is -2.58. The second-order valence-electron chi connectivity index (χ2n) is 5.29. The summed E-state index contributed by atoms with van der Waals surface area (Å²) in [5.74, 6) is 0.246. The number of thioether (sulfide) groups is 1. The number of fused-ring (bicyclic) bond motifs is 1. The molecule has 0 fully saturated rings. The highest BCUT2D eigenvalue weighted by atomic mass is 32.2. The predicted octanol–water partition coefficient (Wildman–Crippen LogP) is 3.62. The lowest BCUT2D eigenvalue weighted by atomic mass is 10.1. The molecule has 114 valence electrons. The van der Waals surface area contributed by atoms with Gasteiger partial charge in [0, 0.05) is 0 Å². The van der Waals surface area contributed by atoms with Crippen molar-refractivity contribution in [3.8, 4) is 11.8 Å². The molecule has 3 aromatic rings. The van der Waals surface area contributed by atoms with E-state index in [-0.39, 0.29) is 11.3 Å². The Kier molecular flexibility index (Phi) is 4.18. The van der Waals surface area contributed by atoms with Crippen molar-refractivity contribution >= 4 is 22.7 Å². The van der Waals surface area contributed by atoms with E-state index < -0.39 is 0 Å². The van der Waals surface area contributed by atoms with E-state index in [1.54, 1.807) is 10.6 Å². The first-order valence-electron chi connectivity index (χ1n) is 7.21. The molecule has 0 aliphatic rings. The molecule has 0 bridgehead atoms. The van der Waals surface area contributed by atoms with E-state index in [1.807, 2.05) is 50.2 Å². The van der Waals surface area contributed by atoms with Gasteiger partial charge in [-0.05, 0) is 37.6 Å². The fourth-order valence-corrected chi connectivity index (χ4v) is 3.24. The summed E-state index contributed by atoms with van der Waals surface area (Å²) in [5, 5.41) is 10.00. The van der Waals surface area contributed by atoms with Crippen LogP contribution in [0, 0.1) is 25.2 Å². The number of hydrogen-bond acceptors (Lipinski definition) is 4. The summed E-state index contributed by atoms with van der Waals surface area (Å²) in [6, 6.07) is 15.3. The van der Waals surface area contributed by atoms with Crippen molar-refractivity contribution in [2.24, 2.45) is 0 Å². The first-order valence-corrected chi connectivity index (χ1v) is 8.19. The van der Waals surface area contributed by atoms with Gasteiger partial charge in [-0.1, -0.05) is 41.6 Å². The Morgan fingerprint density at radius 1 is 1.22 bits per heavy atom. The Balaban J connectivity index is 2.34. The van der Waals surface area contributed by atoms with E-state index in [2.05, 4.69) is 11.1 Å². The molecule has 1 aromatic heterocycles. The van der Waals surface area contributed by atoms with Crippen molar-refractivity contribution in [3.63, 3.8) is 0 Å². The molecular weight excluding hydrogens is 306 g/mol. The second kappa shape index (κ2) is 6.27. The zero-order valence-corrected chi connectivity index (χ0v) is 13.7. The molecule has 23 heavy (non-hydrogen) atoms. The standard InChI is InChI=1S/C18H15N3OS/c1-12-7-8-16(13(2)11-12)21-17(22)14-5-3-4-6-15(14)20-18(21)23-10-9-19/h3-8,11H,10H2,1-2H3. The van der Waals surface area contributed by atoms with E-state index in [4.69, 9.17) is 5.26 Å². The molecule has 0 aliphatic heterocycles. The lowest BCUT2D eigenvalue weighted by molar-refractivity contribution is 0.815. The fraction of sp³-hybridized carbons (Fsp3) is 0.167. The van der Waals surface area contributed by atoms with Gasteiger partial charge in [-0.25, -0.2) is 4.98 Å². The second-order valence-corrected chi connectivity index (χ2v) is 6.23. The van der Waals surface area contributed by atoms with Crippen LogP contribution in [0.5, 0.6) is 0 Å². The minimum atomic E-state index is -0.108. The monoisotopic (exact) mass is 321 g/mol. The first kappa shape index (κ1) is 15.3. The van der Waals surface area contributed by atoms with Crippen LogP contribution in [0.4, 0.5) is 0 Å². The van der Waals surface area contributed by atoms with Crippen LogP contribution in [0.15, 0.2) is 52.4 Å². The Morgan fingerprint density at radius 2 is 2.00 bits per heavy atom. The lowest BCUT2D eigenvalue weighted by Gasteiger charge is -2.14. The highest BCUT2D eigenvalue weighted by Gasteiger charge is 2.14. The van der Waals surface area contributed by atoms with Gasteiger partial charge in [0.05, 0.1) is 28.4 Å². The topological polar surface area (TPSA) is 58.7 Å². The number of aryl methyl sites for hydroxylation is 2. The van der Waals surface area contributed by atoms with Crippen molar-refractivity contribution < 1.29 is 0 Å². The van der Waals surface area contributed by atoms with Gasteiger partial charge in [0.25, 0.3) is 5.56 Å². The molecule has 0 N–H and O–H groups in total. The lowest BCUT2D eigenvalue weighted by Crippen LogP contribution is -2.22. The highest BCUT2D eigenvalue weighted by Crippen LogP contribution is 2.23. The van der Waals surface area contributed by atoms with Gasteiger partial charge in [0.2, 0.25) is 0 Å². The van der Waals surface area contributed by atoms with Crippen molar-refractivity contribution in [3.05, 3.63) is 63.9 Å². The van der Waals surface area contributed by atoms with Gasteiger partial charge in [-0.2, -0.15) is 5.26 Å². The largest absolute Gasteiger partial charge is 0.268 e. The molecule has 0 saturated carbocycles. The maximum atomic E-state index is 13.0. The average molecular weight is 321 g/mol. The van der Waals surface area contributed by atoms with Crippen LogP contribution in [0.1, 0.15) is 11.1 Å². The summed E-state index contributed by atoms with van der Waals surface area (Å²) in [7, 11) is 0. The summed E-state index contributed by atoms with van der Waals surface area (Å²) in [5.41, 5.74) is 3.49. The molecule has 0 saturated heterocycles. The Bertz CT molecular complexity index is 986. The van der Waals surface area contributed by atoms with Crippen molar-refractivity contribution in [1.29, 1.82) is 5.26 Å². The van der Waals surface area contributed by atoms with Crippen LogP contribution >= 0.6 is 11.8 Å². The summed E-state index contributed by atoms with van der Waals surface area (Å²) in [4.78, 5) is 17.6. The third-order valence-corrected chi connectivity index (χ3v) is 4.41. The van der Waals surface area contributed by atoms with Crippen LogP contribution in [0.3, 0.4) is 0 Å². The number of hydrogen-bond donors (Lipinski definition) is 0. The van der Waals surface area contributed by atoms with Gasteiger partial charge in [0.1, 0.15) is 0 Å². The molecule has 2 aromatic carbocycles. The zero-order chi connectivity index (χ0) is 16.4. The van der Waals surface area contributed by atoms with E-state index >= 15 is 0 Å². The smallest absolute Gasteiger partial charge is 0.266 e. The van der Waals surface area contributed by atoms with Gasteiger partial charge in [-0.3, -0.25) is 9.36 Å². The molecule has 0 unspecified atom stereocenters. The molecule has 3 rings (SSSR count). The molecule has 1 heterocycles. The van der Waals surface area contributed by atoms with Crippen molar-refractivity contribution in [1.82, 2.24) is 9.55 Å². The predicted molar refractivity (Wildman–Crippen MR) is 93.2 cm³/mol. The molecule has 4 nitrogen and oxygen atoms in total. The molecule has 0 spiro atoms.